The van der Waals surface area contributed by atoms with Crippen LogP contribution >= 0.6 is 0 Å². The molecule has 3 aromatic heterocycles. The zero-order chi connectivity index (χ0) is 31.0. The number of hydrogen-bond donors (Lipinski definition) is 3. The summed E-state index contributed by atoms with van der Waals surface area (Å²) in [6.07, 6.45) is 0.857. The fourth-order valence-corrected chi connectivity index (χ4v) is 5.26. The highest BCUT2D eigenvalue weighted by Crippen LogP contribution is 2.33. The molecule has 1 aliphatic heterocycles. The number of anilines is 1. The van der Waals surface area contributed by atoms with Crippen molar-refractivity contribution in [2.45, 2.75) is 19.1 Å². The number of methoxy groups -OCH3 is 1. The number of para-hydroxylation sites is 1. The Morgan fingerprint density at radius 1 is 1.16 bits per heavy atom. The molecule has 14 heteroatoms. The Balaban J connectivity index is 1.31. The zero-order valence-corrected chi connectivity index (χ0v) is 24.2. The minimum Gasteiger partial charge on any atom is -0.383 e. The number of aromatic nitrogens is 5. The number of nitrogens with zero attached hydrogens (tertiary/aromatic N) is 5. The predicted molar refractivity (Wildman–Crippen MR) is 158 cm³/mol. The summed E-state index contributed by atoms with van der Waals surface area (Å²) in [5.41, 5.74) is 3.71. The number of carbonyl (C=O) groups excluding carboxylic acids is 1. The van der Waals surface area contributed by atoms with E-state index in [1.54, 1.807) is 36.2 Å². The lowest BCUT2D eigenvalue weighted by molar-refractivity contribution is -0.154. The number of fused-ring (bicyclic) bond motifs is 1. The minimum absolute atomic E-state index is 0.281. The quantitative estimate of drug-likeness (QED) is 0.245. The van der Waals surface area contributed by atoms with Gasteiger partial charge in [0.05, 0.1) is 29.5 Å². The van der Waals surface area contributed by atoms with E-state index in [0.717, 1.165) is 12.1 Å². The van der Waals surface area contributed by atoms with Gasteiger partial charge in [0.15, 0.2) is 17.3 Å². The Kier molecular flexibility index (Phi) is 7.95. The third-order valence-electron chi connectivity index (χ3n) is 7.52. The van der Waals surface area contributed by atoms with Crippen molar-refractivity contribution in [3.63, 3.8) is 0 Å². The highest BCUT2D eigenvalue weighted by Gasteiger charge is 2.37. The van der Waals surface area contributed by atoms with Crippen LogP contribution in [0.4, 0.5) is 19.4 Å². The number of ether oxygens (including phenoxy) is 1. The zero-order valence-electron chi connectivity index (χ0n) is 24.2. The number of imidazole rings is 1. The molecule has 0 saturated carbocycles. The van der Waals surface area contributed by atoms with Crippen molar-refractivity contribution >= 4 is 23.0 Å². The van der Waals surface area contributed by atoms with Crippen LogP contribution in [0.5, 0.6) is 0 Å². The van der Waals surface area contributed by atoms with Crippen LogP contribution in [0.2, 0.25) is 0 Å². The van der Waals surface area contributed by atoms with Crippen molar-refractivity contribution in [3.8, 4) is 16.9 Å². The van der Waals surface area contributed by atoms with Crippen LogP contribution in [-0.4, -0.2) is 68.3 Å². The Morgan fingerprint density at radius 3 is 2.70 bits per heavy atom. The molecule has 2 atom stereocenters. The SMILES string of the molecule is COCCN1C[C@@H](NC(=O)Nc2c(C)c(-c3cnc4c(c3)[nH]c(=O)n4C)nn2-c2ccccc2)[C@H](c2ccc(F)c(F)c2)O1. The lowest BCUT2D eigenvalue weighted by Crippen LogP contribution is -2.42. The average Bonchev–Trinajstić information content (AvgIpc) is 3.66. The number of nitrogens with one attached hydrogen (secondary N) is 3. The van der Waals surface area contributed by atoms with Gasteiger partial charge >= 0.3 is 11.7 Å². The number of amides is 2. The Bertz CT molecular complexity index is 1890. The number of pyridine rings is 1. The monoisotopic (exact) mass is 604 g/mol. The van der Waals surface area contributed by atoms with Gasteiger partial charge in [-0.15, -0.1) is 0 Å². The first-order valence-electron chi connectivity index (χ1n) is 13.9. The summed E-state index contributed by atoms with van der Waals surface area (Å²) in [6.45, 7) is 2.89. The molecule has 0 spiro atoms. The summed E-state index contributed by atoms with van der Waals surface area (Å²) in [5, 5.41) is 12.3. The maximum atomic E-state index is 14.1. The molecular weight excluding hydrogens is 574 g/mol. The van der Waals surface area contributed by atoms with Crippen molar-refractivity contribution in [2.24, 2.45) is 7.05 Å². The summed E-state index contributed by atoms with van der Waals surface area (Å²) in [6, 6.07) is 13.5. The van der Waals surface area contributed by atoms with E-state index in [4.69, 9.17) is 14.7 Å². The molecule has 2 amide bonds. The van der Waals surface area contributed by atoms with Crippen molar-refractivity contribution in [1.29, 1.82) is 0 Å². The second kappa shape index (κ2) is 12.0. The Hall–Kier alpha value is -4.92. The molecule has 5 aromatic rings. The number of H-pyrrole nitrogens is 1. The van der Waals surface area contributed by atoms with E-state index >= 15 is 0 Å². The van der Waals surface area contributed by atoms with Crippen LogP contribution in [0, 0.1) is 18.6 Å². The van der Waals surface area contributed by atoms with Crippen LogP contribution < -0.4 is 16.3 Å². The second-order valence-electron chi connectivity index (χ2n) is 10.4. The minimum atomic E-state index is -1.01. The van der Waals surface area contributed by atoms with Crippen LogP contribution in [-0.2, 0) is 16.6 Å². The third-order valence-corrected chi connectivity index (χ3v) is 7.52. The predicted octanol–water partition coefficient (Wildman–Crippen LogP) is 3.83. The molecule has 3 N–H and O–H groups in total. The van der Waals surface area contributed by atoms with Crippen LogP contribution in [0.25, 0.3) is 28.1 Å². The van der Waals surface area contributed by atoms with E-state index in [1.165, 1.54) is 10.6 Å². The van der Waals surface area contributed by atoms with E-state index < -0.39 is 29.8 Å². The van der Waals surface area contributed by atoms with Crippen molar-refractivity contribution in [3.05, 3.63) is 94.0 Å². The summed E-state index contributed by atoms with van der Waals surface area (Å²) >= 11 is 0. The van der Waals surface area contributed by atoms with Gasteiger partial charge in [-0.3, -0.25) is 14.7 Å². The van der Waals surface area contributed by atoms with Crippen molar-refractivity contribution < 1.29 is 23.1 Å². The molecule has 1 saturated heterocycles. The molecule has 6 rings (SSSR count). The number of halogens is 2. The maximum absolute atomic E-state index is 14.1. The number of urea groups is 1. The molecule has 4 heterocycles. The summed E-state index contributed by atoms with van der Waals surface area (Å²) in [7, 11) is 3.19. The molecule has 1 aliphatic rings. The molecule has 44 heavy (non-hydrogen) atoms. The topological polar surface area (TPSA) is 131 Å². The highest BCUT2D eigenvalue weighted by atomic mass is 19.2. The van der Waals surface area contributed by atoms with Gasteiger partial charge in [-0.05, 0) is 42.8 Å². The summed E-state index contributed by atoms with van der Waals surface area (Å²) in [5.74, 6) is -1.57. The van der Waals surface area contributed by atoms with Crippen LogP contribution in [0.15, 0.2) is 65.6 Å². The van der Waals surface area contributed by atoms with Gasteiger partial charge in [0.25, 0.3) is 0 Å². The molecule has 12 nitrogen and oxygen atoms in total. The lowest BCUT2D eigenvalue weighted by atomic mass is 10.0. The van der Waals surface area contributed by atoms with Gasteiger partial charge in [-0.25, -0.2) is 28.0 Å². The van der Waals surface area contributed by atoms with E-state index in [9.17, 15) is 18.4 Å². The van der Waals surface area contributed by atoms with Gasteiger partial charge < -0.3 is 15.0 Å². The largest absolute Gasteiger partial charge is 0.383 e. The number of carbonyl (C=O) groups is 1. The highest BCUT2D eigenvalue weighted by molar-refractivity contribution is 5.91. The molecule has 0 unspecified atom stereocenters. The number of hydroxylamine groups is 2. The van der Waals surface area contributed by atoms with E-state index in [0.29, 0.717) is 58.2 Å². The van der Waals surface area contributed by atoms with E-state index in [1.807, 2.05) is 37.3 Å². The second-order valence-corrected chi connectivity index (χ2v) is 10.4. The van der Waals surface area contributed by atoms with Crippen LogP contribution in [0.1, 0.15) is 17.2 Å². The Labute approximate surface area is 250 Å². The molecule has 0 bridgehead atoms. The van der Waals surface area contributed by atoms with Crippen LogP contribution in [0.3, 0.4) is 0 Å². The van der Waals surface area contributed by atoms with E-state index in [-0.39, 0.29) is 12.2 Å². The lowest BCUT2D eigenvalue weighted by Gasteiger charge is -2.20. The summed E-state index contributed by atoms with van der Waals surface area (Å²) < 4.78 is 36.0. The molecular formula is C30H30F2N8O4. The number of benzene rings is 2. The molecule has 2 aromatic carbocycles. The summed E-state index contributed by atoms with van der Waals surface area (Å²) in [4.78, 5) is 38.9. The number of rotatable bonds is 8. The van der Waals surface area contributed by atoms with Gasteiger partial charge in [0.2, 0.25) is 0 Å². The van der Waals surface area contributed by atoms with Gasteiger partial charge in [0.1, 0.15) is 11.9 Å². The first-order valence-corrected chi connectivity index (χ1v) is 13.9. The fraction of sp³-hybridized carbons (Fsp3) is 0.267. The molecule has 0 radical (unpaired) electrons. The smallest absolute Gasteiger partial charge is 0.327 e. The molecule has 1 fully saturated rings. The van der Waals surface area contributed by atoms with Crippen molar-refractivity contribution in [2.75, 3.05) is 32.1 Å². The van der Waals surface area contributed by atoms with Gasteiger partial charge in [-0.1, -0.05) is 24.3 Å². The Morgan fingerprint density at radius 2 is 1.95 bits per heavy atom. The first-order chi connectivity index (χ1) is 21.2. The maximum Gasteiger partial charge on any atom is 0.327 e. The van der Waals surface area contributed by atoms with Gasteiger partial charge in [-0.2, -0.15) is 10.2 Å². The standard InChI is InChI=1S/C30H30F2N8O4/c1-17-25(19-14-23-28(33-15-19)38(2)30(42)35-23)37-40(20-7-5-4-6-8-20)27(17)36-29(41)34-24-16-39(11-12-43-3)44-26(24)18-9-10-21(31)22(32)13-18/h4-10,13-15,24,26H,11-12,16H2,1-3H3,(H,35,42)(H2,34,36,41)/t24-,26+/m1/s1. The normalized spacial score (nSPS) is 16.9. The van der Waals surface area contributed by atoms with E-state index in [2.05, 4.69) is 20.6 Å². The number of hydrogen-bond acceptors (Lipinski definition) is 7. The third kappa shape index (κ3) is 5.57. The average molecular weight is 605 g/mol. The number of aryl methyl sites for hydroxylation is 1. The van der Waals surface area contributed by atoms with Crippen molar-refractivity contribution in [1.82, 2.24) is 34.7 Å². The first kappa shape index (κ1) is 29.2. The number of aromatic amines is 1. The van der Waals surface area contributed by atoms with Gasteiger partial charge in [0, 0.05) is 44.6 Å². The molecule has 228 valence electrons. The molecule has 0 aliphatic carbocycles. The fourth-order valence-electron chi connectivity index (χ4n) is 5.26.